The molecule has 4 nitrogen and oxygen atoms in total. The van der Waals surface area contributed by atoms with Crippen molar-refractivity contribution < 1.29 is 18.7 Å². The molecule has 0 bridgehead atoms. The first-order valence-corrected chi connectivity index (χ1v) is 5.78. The lowest BCUT2D eigenvalue weighted by Crippen LogP contribution is -2.36. The second-order valence-corrected chi connectivity index (χ2v) is 3.98. The van der Waals surface area contributed by atoms with Gasteiger partial charge in [0.25, 0.3) is 0 Å². The molecule has 0 aliphatic carbocycles. The first-order valence-electron chi connectivity index (χ1n) is 5.78. The van der Waals surface area contributed by atoms with Crippen LogP contribution >= 0.6 is 0 Å². The van der Waals surface area contributed by atoms with E-state index in [4.69, 9.17) is 9.47 Å². The first-order chi connectivity index (χ1) is 8.61. The highest BCUT2D eigenvalue weighted by molar-refractivity contribution is 5.76. The van der Waals surface area contributed by atoms with Gasteiger partial charge in [-0.3, -0.25) is 4.79 Å². The van der Waals surface area contributed by atoms with Gasteiger partial charge < -0.3 is 14.8 Å². The molecule has 1 N–H and O–H groups in total. The molecule has 0 fully saturated rings. The number of carbonyl (C=O) groups excluding carboxylic acids is 1. The van der Waals surface area contributed by atoms with Crippen molar-refractivity contribution in [1.82, 2.24) is 5.32 Å². The van der Waals surface area contributed by atoms with E-state index < -0.39 is 0 Å². The lowest BCUT2D eigenvalue weighted by Gasteiger charge is -2.12. The Labute approximate surface area is 106 Å². The average molecular weight is 255 g/mol. The number of hydrogen-bond donors (Lipinski definition) is 1. The Hall–Kier alpha value is -1.62. The number of carbonyl (C=O) groups is 1. The van der Waals surface area contributed by atoms with Crippen LogP contribution in [0.15, 0.2) is 24.3 Å². The van der Waals surface area contributed by atoms with E-state index in [1.165, 1.54) is 12.1 Å². The summed E-state index contributed by atoms with van der Waals surface area (Å²) in [4.78, 5) is 11.5. The third kappa shape index (κ3) is 5.63. The molecule has 1 atom stereocenters. The molecule has 0 aromatic heterocycles. The van der Waals surface area contributed by atoms with Crippen LogP contribution in [0.3, 0.4) is 0 Å². The van der Waals surface area contributed by atoms with Gasteiger partial charge in [0.05, 0.1) is 19.6 Å². The normalized spacial score (nSPS) is 11.9. The molecular weight excluding hydrogens is 237 g/mol. The summed E-state index contributed by atoms with van der Waals surface area (Å²) in [6, 6.07) is 5.80. The van der Waals surface area contributed by atoms with Gasteiger partial charge in [0.1, 0.15) is 11.6 Å². The number of rotatable bonds is 7. The van der Waals surface area contributed by atoms with Crippen molar-refractivity contribution in [3.63, 3.8) is 0 Å². The molecule has 0 radical (unpaired) electrons. The number of ether oxygens (including phenoxy) is 2. The topological polar surface area (TPSA) is 47.6 Å². The third-order valence-electron chi connectivity index (χ3n) is 2.22. The molecule has 1 rings (SSSR count). The zero-order valence-electron chi connectivity index (χ0n) is 10.6. The van der Waals surface area contributed by atoms with E-state index in [9.17, 15) is 9.18 Å². The fourth-order valence-corrected chi connectivity index (χ4v) is 1.46. The van der Waals surface area contributed by atoms with E-state index in [2.05, 4.69) is 5.32 Å². The number of hydrogen-bond acceptors (Lipinski definition) is 3. The zero-order valence-corrected chi connectivity index (χ0v) is 10.6. The van der Waals surface area contributed by atoms with Crippen LogP contribution in [-0.2, 0) is 9.53 Å². The monoisotopic (exact) mass is 255 g/mol. The minimum Gasteiger partial charge on any atom is -0.493 e. The van der Waals surface area contributed by atoms with Crippen molar-refractivity contribution >= 4 is 5.91 Å². The average Bonchev–Trinajstić information content (AvgIpc) is 2.29. The van der Waals surface area contributed by atoms with Crippen LogP contribution in [-0.4, -0.2) is 32.3 Å². The third-order valence-corrected chi connectivity index (χ3v) is 2.22. The standard InChI is InChI=1S/C13H18FNO3/c1-10(9-17-2)15-13(16)6-7-18-12-5-3-4-11(14)8-12/h3-5,8,10H,6-7,9H2,1-2H3,(H,15,16)/t10-/m0/s1. The molecule has 1 amide bonds. The van der Waals surface area contributed by atoms with Gasteiger partial charge in [0.15, 0.2) is 0 Å². The maximum absolute atomic E-state index is 12.8. The molecule has 0 aliphatic rings. The van der Waals surface area contributed by atoms with E-state index in [-0.39, 0.29) is 30.8 Å². The van der Waals surface area contributed by atoms with Gasteiger partial charge in [-0.05, 0) is 19.1 Å². The summed E-state index contributed by atoms with van der Waals surface area (Å²) in [6.07, 6.45) is 0.227. The van der Waals surface area contributed by atoms with Gasteiger partial charge in [0.2, 0.25) is 5.91 Å². The van der Waals surface area contributed by atoms with Crippen LogP contribution in [0.1, 0.15) is 13.3 Å². The zero-order chi connectivity index (χ0) is 13.4. The number of halogens is 1. The molecule has 0 heterocycles. The number of amides is 1. The van der Waals surface area contributed by atoms with Crippen LogP contribution in [0.5, 0.6) is 5.75 Å². The predicted molar refractivity (Wildman–Crippen MR) is 66.0 cm³/mol. The van der Waals surface area contributed by atoms with E-state index in [0.717, 1.165) is 0 Å². The summed E-state index contributed by atoms with van der Waals surface area (Å²) in [5.74, 6) is -0.0469. The van der Waals surface area contributed by atoms with Crippen LogP contribution in [0.2, 0.25) is 0 Å². The Kier molecular flexibility index (Phi) is 6.14. The molecule has 0 aliphatic heterocycles. The van der Waals surface area contributed by atoms with Crippen molar-refractivity contribution in [3.05, 3.63) is 30.1 Å². The summed E-state index contributed by atoms with van der Waals surface area (Å²) < 4.78 is 23.0. The minimum absolute atomic E-state index is 0.0309. The first kappa shape index (κ1) is 14.4. The van der Waals surface area contributed by atoms with Crippen LogP contribution in [0, 0.1) is 5.82 Å². The fourth-order valence-electron chi connectivity index (χ4n) is 1.46. The molecule has 100 valence electrons. The smallest absolute Gasteiger partial charge is 0.223 e. The van der Waals surface area contributed by atoms with Gasteiger partial charge in [-0.25, -0.2) is 4.39 Å². The Balaban J connectivity index is 2.23. The van der Waals surface area contributed by atoms with E-state index in [0.29, 0.717) is 12.4 Å². The molecule has 18 heavy (non-hydrogen) atoms. The fraction of sp³-hybridized carbons (Fsp3) is 0.462. The van der Waals surface area contributed by atoms with Crippen LogP contribution in [0.4, 0.5) is 4.39 Å². The summed E-state index contributed by atoms with van der Waals surface area (Å²) in [7, 11) is 1.58. The Morgan fingerprint density at radius 3 is 2.94 bits per heavy atom. The number of methoxy groups -OCH3 is 1. The van der Waals surface area contributed by atoms with Gasteiger partial charge >= 0.3 is 0 Å². The van der Waals surface area contributed by atoms with E-state index in [1.807, 2.05) is 6.92 Å². The summed E-state index contributed by atoms with van der Waals surface area (Å²) in [6.45, 7) is 2.54. The molecule has 0 saturated heterocycles. The van der Waals surface area contributed by atoms with Gasteiger partial charge in [-0.2, -0.15) is 0 Å². The molecule has 0 saturated carbocycles. The van der Waals surface area contributed by atoms with Gasteiger partial charge in [0, 0.05) is 19.2 Å². The summed E-state index contributed by atoms with van der Waals surface area (Å²) in [5, 5.41) is 2.76. The van der Waals surface area contributed by atoms with Crippen molar-refractivity contribution in [3.8, 4) is 5.75 Å². The second kappa shape index (κ2) is 7.66. The van der Waals surface area contributed by atoms with Crippen LogP contribution in [0.25, 0.3) is 0 Å². The summed E-state index contributed by atoms with van der Waals surface area (Å²) in [5.41, 5.74) is 0. The largest absolute Gasteiger partial charge is 0.493 e. The minimum atomic E-state index is -0.356. The molecule has 5 heteroatoms. The van der Waals surface area contributed by atoms with E-state index >= 15 is 0 Å². The van der Waals surface area contributed by atoms with Crippen molar-refractivity contribution in [1.29, 1.82) is 0 Å². The molecular formula is C13H18FNO3. The second-order valence-electron chi connectivity index (χ2n) is 3.98. The van der Waals surface area contributed by atoms with Crippen LogP contribution < -0.4 is 10.1 Å². The maximum atomic E-state index is 12.8. The molecule has 1 aromatic rings. The highest BCUT2D eigenvalue weighted by Gasteiger charge is 2.07. The Bertz CT molecular complexity index is 384. The summed E-state index contributed by atoms with van der Waals surface area (Å²) >= 11 is 0. The molecule has 0 spiro atoms. The van der Waals surface area contributed by atoms with Gasteiger partial charge in [-0.15, -0.1) is 0 Å². The number of nitrogens with one attached hydrogen (secondary N) is 1. The highest BCUT2D eigenvalue weighted by Crippen LogP contribution is 2.11. The van der Waals surface area contributed by atoms with E-state index in [1.54, 1.807) is 19.2 Å². The molecule has 0 unspecified atom stereocenters. The quantitative estimate of drug-likeness (QED) is 0.807. The highest BCUT2D eigenvalue weighted by atomic mass is 19.1. The predicted octanol–water partition coefficient (Wildman–Crippen LogP) is 1.75. The molecule has 1 aromatic carbocycles. The Morgan fingerprint density at radius 2 is 2.28 bits per heavy atom. The lowest BCUT2D eigenvalue weighted by atomic mass is 10.3. The van der Waals surface area contributed by atoms with Crippen molar-refractivity contribution in [2.45, 2.75) is 19.4 Å². The number of benzene rings is 1. The Morgan fingerprint density at radius 1 is 1.50 bits per heavy atom. The maximum Gasteiger partial charge on any atom is 0.223 e. The van der Waals surface area contributed by atoms with Crippen molar-refractivity contribution in [2.24, 2.45) is 0 Å². The van der Waals surface area contributed by atoms with Gasteiger partial charge in [-0.1, -0.05) is 6.07 Å². The lowest BCUT2D eigenvalue weighted by molar-refractivity contribution is -0.122. The SMILES string of the molecule is COC[C@H](C)NC(=O)CCOc1cccc(F)c1. The van der Waals surface area contributed by atoms with Crippen molar-refractivity contribution in [2.75, 3.05) is 20.3 Å².